The summed E-state index contributed by atoms with van der Waals surface area (Å²) in [4.78, 5) is 37.4. The lowest BCUT2D eigenvalue weighted by atomic mass is 9.80. The number of hydrogen-bond acceptors (Lipinski definition) is 8. The van der Waals surface area contributed by atoms with Crippen LogP contribution in [0.3, 0.4) is 0 Å². The van der Waals surface area contributed by atoms with Gasteiger partial charge in [0, 0.05) is 74.2 Å². The molecule has 10 nitrogen and oxygen atoms in total. The number of nitrogens with one attached hydrogen (secondary N) is 1. The summed E-state index contributed by atoms with van der Waals surface area (Å²) in [6.07, 6.45) is 5.26. The smallest absolute Gasteiger partial charge is 0.376 e. The number of amides is 2. The molecule has 2 unspecified atom stereocenters. The predicted octanol–water partition coefficient (Wildman–Crippen LogP) is 11.6. The Morgan fingerprint density at radius 2 is 0.973 bits per heavy atom. The lowest BCUT2D eigenvalue weighted by Gasteiger charge is -2.50. The molecule has 15 heteroatoms. The quantitative estimate of drug-likeness (QED) is 0.101. The number of carbonyl (C=O) groups excluding carboxylic acids is 2. The molecule has 4 aromatic carbocycles. The minimum atomic E-state index is -0.404. The van der Waals surface area contributed by atoms with E-state index in [2.05, 4.69) is 114 Å². The van der Waals surface area contributed by atoms with Crippen LogP contribution in [0.1, 0.15) is 121 Å². The van der Waals surface area contributed by atoms with Gasteiger partial charge in [-0.2, -0.15) is 0 Å². The first-order valence-electron chi connectivity index (χ1n) is 26.8. The van der Waals surface area contributed by atoms with Crippen LogP contribution in [0.5, 0.6) is 0 Å². The molecule has 0 radical (unpaired) electrons. The third-order valence-electron chi connectivity index (χ3n) is 15.5. The van der Waals surface area contributed by atoms with Crippen LogP contribution < -0.4 is 5.32 Å². The number of piperazine rings is 2. The largest absolute Gasteiger partial charge is 0.437 e. The number of benzene rings is 4. The number of carbonyl (C=O) groups is 2. The highest BCUT2D eigenvalue weighted by Crippen LogP contribution is 2.37. The number of alkyl halides is 1. The summed E-state index contributed by atoms with van der Waals surface area (Å²) in [5, 5.41) is 24.3. The standard InChI is InChI=1S/C29H41BClN3O2.C16H32BN3O2.C13H10Cl2.CH4/c1-29(2,3)26-21-32(28(23-8-6-5-7-9-23)24-10-12-25(31)13-11-24)18-19-34(26)27(35)20-22-14-16-33(17-15-22)30(4)36;1-16(2,3)14-12-18-7-10-20(14)15(21)11-13-5-8-19(9-6-13)17(4)22;14-12-8-6-11(7-9-12)13(15)10-4-2-1-3-5-10;/h5-13,22,26,28,36H,14-21H2,1-4H3;13-14,18,22H,5-12H2,1-4H3;1-9,13H;1H4/t26-,28?;14-;;/m11../s1. The zero-order valence-electron chi connectivity index (χ0n) is 44.9. The molecule has 8 rings (SSSR count). The van der Waals surface area contributed by atoms with Crippen LogP contribution in [0.4, 0.5) is 0 Å². The Balaban J connectivity index is 0.000000226. The molecule has 3 N–H and O–H groups in total. The second-order valence-electron chi connectivity index (χ2n) is 23.0. The summed E-state index contributed by atoms with van der Waals surface area (Å²) in [5.74, 6) is 1.47. The number of halogens is 3. The topological polar surface area (TPSA) is 103 Å². The van der Waals surface area contributed by atoms with E-state index in [-0.39, 0.29) is 54.7 Å². The number of hydrogen-bond donors (Lipinski definition) is 3. The molecule has 4 heterocycles. The maximum absolute atomic E-state index is 13.6. The van der Waals surface area contributed by atoms with Gasteiger partial charge in [0.2, 0.25) is 11.8 Å². The van der Waals surface area contributed by atoms with E-state index < -0.39 is 7.05 Å². The maximum atomic E-state index is 13.6. The molecule has 4 aliphatic rings. The Hall–Kier alpha value is -3.42. The summed E-state index contributed by atoms with van der Waals surface area (Å²) in [7, 11) is -0.770. The predicted molar refractivity (Wildman–Crippen MR) is 312 cm³/mol. The van der Waals surface area contributed by atoms with Crippen molar-refractivity contribution in [3.63, 3.8) is 0 Å². The first kappa shape index (κ1) is 61.4. The molecule has 4 aromatic rings. The Bertz CT molecular complexity index is 2270. The minimum Gasteiger partial charge on any atom is -0.437 e. The van der Waals surface area contributed by atoms with Gasteiger partial charge in [-0.3, -0.25) is 14.5 Å². The summed E-state index contributed by atoms with van der Waals surface area (Å²) in [6, 6.07) is 37.0. The summed E-state index contributed by atoms with van der Waals surface area (Å²) in [6.45, 7) is 25.6. The molecule has 0 aliphatic carbocycles. The SMILES string of the molecule is C.CB(O)N1CCC(CC(=O)N2CCN(C(c3ccccc3)c3ccc(Cl)cc3)C[C@@H]2C(C)(C)C)CC1.CB(O)N1CCC(CC(=O)N2CCNC[C@@H]2C(C)(C)C)CC1.Clc1ccc(C(Cl)c2ccccc2)cc1. The second kappa shape index (κ2) is 28.8. The monoisotopic (exact) mass is 1070 g/mol. The molecule has 4 fully saturated rings. The van der Waals surface area contributed by atoms with E-state index in [0.29, 0.717) is 30.6 Å². The van der Waals surface area contributed by atoms with Gasteiger partial charge in [0.15, 0.2) is 0 Å². The van der Waals surface area contributed by atoms with Crippen molar-refractivity contribution in [2.24, 2.45) is 22.7 Å². The van der Waals surface area contributed by atoms with Gasteiger partial charge in [-0.1, -0.05) is 157 Å². The average Bonchev–Trinajstić information content (AvgIpc) is 3.38. The van der Waals surface area contributed by atoms with Gasteiger partial charge in [-0.05, 0) is 135 Å². The molecule has 74 heavy (non-hydrogen) atoms. The van der Waals surface area contributed by atoms with Crippen molar-refractivity contribution in [2.45, 2.75) is 125 Å². The van der Waals surface area contributed by atoms with E-state index >= 15 is 0 Å². The maximum Gasteiger partial charge on any atom is 0.376 e. The third kappa shape index (κ3) is 17.8. The second-order valence-corrected chi connectivity index (χ2v) is 24.3. The lowest BCUT2D eigenvalue weighted by Crippen LogP contribution is -2.60. The van der Waals surface area contributed by atoms with E-state index in [9.17, 15) is 19.6 Å². The van der Waals surface area contributed by atoms with Crippen molar-refractivity contribution < 1.29 is 19.6 Å². The molecule has 0 saturated carbocycles. The van der Waals surface area contributed by atoms with Crippen LogP contribution in [-0.4, -0.2) is 138 Å². The molecule has 0 bridgehead atoms. The van der Waals surface area contributed by atoms with Crippen LogP contribution in [0.25, 0.3) is 0 Å². The van der Waals surface area contributed by atoms with E-state index in [0.717, 1.165) is 112 Å². The van der Waals surface area contributed by atoms with Crippen LogP contribution in [0.2, 0.25) is 23.7 Å². The summed E-state index contributed by atoms with van der Waals surface area (Å²) in [5.41, 5.74) is 4.72. The fourth-order valence-corrected chi connectivity index (χ4v) is 11.5. The molecule has 2 amide bonds. The first-order valence-corrected chi connectivity index (χ1v) is 28.0. The number of piperidine rings is 2. The highest BCUT2D eigenvalue weighted by Gasteiger charge is 2.41. The Labute approximate surface area is 461 Å². The van der Waals surface area contributed by atoms with Gasteiger partial charge < -0.3 is 34.8 Å². The third-order valence-corrected chi connectivity index (χ3v) is 16.5. The van der Waals surface area contributed by atoms with Crippen molar-refractivity contribution in [1.29, 1.82) is 0 Å². The number of nitrogens with zero attached hydrogens (tertiary/aromatic N) is 5. The Morgan fingerprint density at radius 3 is 1.41 bits per heavy atom. The van der Waals surface area contributed by atoms with Crippen molar-refractivity contribution in [2.75, 3.05) is 65.4 Å². The minimum absolute atomic E-state index is 0. The number of rotatable bonds is 11. The van der Waals surface area contributed by atoms with Crippen LogP contribution in [0, 0.1) is 22.7 Å². The summed E-state index contributed by atoms with van der Waals surface area (Å²) >= 11 is 18.4. The average molecular weight is 1070 g/mol. The van der Waals surface area contributed by atoms with E-state index in [1.165, 1.54) is 11.1 Å². The lowest BCUT2D eigenvalue weighted by molar-refractivity contribution is -0.141. The molecule has 4 atom stereocenters. The van der Waals surface area contributed by atoms with E-state index in [4.69, 9.17) is 34.8 Å². The Kier molecular flexibility index (Phi) is 23.9. The van der Waals surface area contributed by atoms with E-state index in [1.807, 2.05) is 80.4 Å². The van der Waals surface area contributed by atoms with Crippen molar-refractivity contribution in [3.8, 4) is 0 Å². The first-order chi connectivity index (χ1) is 34.7. The summed E-state index contributed by atoms with van der Waals surface area (Å²) < 4.78 is 0. The molecule has 4 saturated heterocycles. The van der Waals surface area contributed by atoms with Gasteiger partial charge in [0.25, 0.3) is 0 Å². The van der Waals surface area contributed by atoms with Crippen LogP contribution in [-0.2, 0) is 9.59 Å². The van der Waals surface area contributed by atoms with Gasteiger partial charge >= 0.3 is 14.1 Å². The van der Waals surface area contributed by atoms with Gasteiger partial charge in [-0.15, -0.1) is 11.6 Å². The fourth-order valence-electron chi connectivity index (χ4n) is 11.0. The molecular formula is C59H87B2Cl3N6O4. The normalized spacial score (nSPS) is 20.4. The van der Waals surface area contributed by atoms with Crippen LogP contribution in [0.15, 0.2) is 109 Å². The van der Waals surface area contributed by atoms with Gasteiger partial charge in [-0.25, -0.2) is 0 Å². The molecular weight excluding hydrogens is 985 g/mol. The zero-order chi connectivity index (χ0) is 52.9. The Morgan fingerprint density at radius 1 is 0.581 bits per heavy atom. The fraction of sp³-hybridized carbons (Fsp3) is 0.559. The van der Waals surface area contributed by atoms with Crippen molar-refractivity contribution >= 4 is 60.7 Å². The zero-order valence-corrected chi connectivity index (χ0v) is 47.2. The van der Waals surface area contributed by atoms with Crippen molar-refractivity contribution in [1.82, 2.24) is 29.6 Å². The molecule has 0 spiro atoms. The highest BCUT2D eigenvalue weighted by atomic mass is 35.5. The molecule has 0 aromatic heterocycles. The van der Waals surface area contributed by atoms with Crippen LogP contribution >= 0.6 is 34.8 Å². The van der Waals surface area contributed by atoms with Crippen molar-refractivity contribution in [3.05, 3.63) is 141 Å². The highest BCUT2D eigenvalue weighted by molar-refractivity contribution is 6.45. The van der Waals surface area contributed by atoms with E-state index in [1.54, 1.807) is 0 Å². The molecule has 404 valence electrons. The molecule has 4 aliphatic heterocycles. The van der Waals surface area contributed by atoms with Gasteiger partial charge in [0.05, 0.1) is 11.4 Å². The van der Waals surface area contributed by atoms with Gasteiger partial charge in [0.1, 0.15) is 0 Å².